The summed E-state index contributed by atoms with van der Waals surface area (Å²) in [7, 11) is 3.55. The van der Waals surface area contributed by atoms with E-state index < -0.39 is 0 Å². The van der Waals surface area contributed by atoms with Crippen LogP contribution in [0.5, 0.6) is 5.75 Å². The molecule has 0 fully saturated rings. The number of thioether (sulfide) groups is 2. The fraction of sp³-hybridized carbons (Fsp3) is 0.316. The molecule has 0 radical (unpaired) electrons. The zero-order chi connectivity index (χ0) is 18.2. The number of rotatable bonds is 6. The van der Waals surface area contributed by atoms with Gasteiger partial charge in [-0.25, -0.2) is 5.84 Å². The predicted molar refractivity (Wildman–Crippen MR) is 113 cm³/mol. The van der Waals surface area contributed by atoms with E-state index in [1.54, 1.807) is 35.6 Å². The van der Waals surface area contributed by atoms with Crippen LogP contribution in [0.25, 0.3) is 0 Å². The summed E-state index contributed by atoms with van der Waals surface area (Å²) < 4.78 is 6.33. The van der Waals surface area contributed by atoms with Gasteiger partial charge < -0.3 is 9.75 Å². The van der Waals surface area contributed by atoms with E-state index in [1.807, 2.05) is 31.3 Å². The molecule has 2 aromatic rings. The first-order chi connectivity index (χ1) is 12.0. The first-order valence-corrected chi connectivity index (χ1v) is 10.2. The molecular formula is C19H25N3OS2. The molecule has 0 aliphatic heterocycles. The molecule has 2 N–H and O–H groups in total. The van der Waals surface area contributed by atoms with Crippen molar-refractivity contribution in [2.24, 2.45) is 10.8 Å². The third kappa shape index (κ3) is 5.70. The minimum absolute atomic E-state index is 0.651. The highest BCUT2D eigenvalue weighted by molar-refractivity contribution is 8.38. The molecule has 0 heterocycles. The van der Waals surface area contributed by atoms with Gasteiger partial charge in [-0.15, -0.1) is 11.8 Å². The van der Waals surface area contributed by atoms with Crippen molar-refractivity contribution in [2.75, 3.05) is 25.4 Å². The number of aliphatic imine (C=N–C) groups is 1. The molecule has 2 rings (SSSR count). The number of benzene rings is 2. The number of ether oxygens (including phenoxy) is 1. The Morgan fingerprint density at radius 3 is 2.68 bits per heavy atom. The van der Waals surface area contributed by atoms with Crippen LogP contribution in [0.1, 0.15) is 16.7 Å². The predicted octanol–water partition coefficient (Wildman–Crippen LogP) is 4.47. The van der Waals surface area contributed by atoms with E-state index in [2.05, 4.69) is 31.4 Å². The maximum Gasteiger partial charge on any atom is 0.124 e. The summed E-state index contributed by atoms with van der Waals surface area (Å²) in [5.74, 6) is 7.67. The molecule has 4 nitrogen and oxygen atoms in total. The normalized spacial score (nSPS) is 11.5. The zero-order valence-corrected chi connectivity index (χ0v) is 16.8. The summed E-state index contributed by atoms with van der Waals surface area (Å²) >= 11 is 3.42. The Morgan fingerprint density at radius 2 is 2.00 bits per heavy atom. The zero-order valence-electron chi connectivity index (χ0n) is 15.2. The van der Waals surface area contributed by atoms with E-state index in [9.17, 15) is 0 Å². The molecule has 0 amide bonds. The lowest BCUT2D eigenvalue weighted by molar-refractivity contribution is 0.414. The molecule has 6 heteroatoms. The van der Waals surface area contributed by atoms with Gasteiger partial charge in [0, 0.05) is 12.8 Å². The highest BCUT2D eigenvalue weighted by Crippen LogP contribution is 2.28. The molecule has 0 bridgehead atoms. The molecule has 134 valence electrons. The molecular weight excluding hydrogens is 350 g/mol. The molecule has 25 heavy (non-hydrogen) atoms. The van der Waals surface area contributed by atoms with E-state index in [1.165, 1.54) is 11.1 Å². The Balaban J connectivity index is 2.07. The van der Waals surface area contributed by atoms with E-state index in [0.29, 0.717) is 6.54 Å². The molecule has 0 unspecified atom stereocenters. The number of anilines is 1. The van der Waals surface area contributed by atoms with Gasteiger partial charge in [0.1, 0.15) is 10.1 Å². The van der Waals surface area contributed by atoms with Crippen LogP contribution in [0.3, 0.4) is 0 Å². The Kier molecular flexibility index (Phi) is 7.68. The third-order valence-electron chi connectivity index (χ3n) is 3.80. The van der Waals surface area contributed by atoms with Crippen molar-refractivity contribution in [1.29, 1.82) is 0 Å². The summed E-state index contributed by atoms with van der Waals surface area (Å²) in [4.78, 5) is 4.75. The number of aryl methyl sites for hydroxylation is 1. The minimum atomic E-state index is 0.651. The van der Waals surface area contributed by atoms with Crippen molar-refractivity contribution in [3.63, 3.8) is 0 Å². The second-order valence-corrected chi connectivity index (χ2v) is 7.63. The van der Waals surface area contributed by atoms with Crippen LogP contribution in [0, 0.1) is 6.92 Å². The fourth-order valence-corrected chi connectivity index (χ4v) is 4.08. The highest BCUT2D eigenvalue weighted by Gasteiger charge is 2.10. The Bertz CT molecular complexity index is 732. The van der Waals surface area contributed by atoms with Crippen molar-refractivity contribution in [3.8, 4) is 5.75 Å². The van der Waals surface area contributed by atoms with Gasteiger partial charge in [0.05, 0.1) is 19.3 Å². The summed E-state index contributed by atoms with van der Waals surface area (Å²) in [5, 5.41) is 1.68. The van der Waals surface area contributed by atoms with Crippen LogP contribution in [-0.2, 0) is 12.3 Å². The molecule has 0 aliphatic rings. The van der Waals surface area contributed by atoms with Crippen LogP contribution in [0.15, 0.2) is 47.5 Å². The number of nitrogens with zero attached hydrogens (tertiary/aromatic N) is 2. The van der Waals surface area contributed by atoms with Crippen LogP contribution in [0.4, 0.5) is 5.69 Å². The van der Waals surface area contributed by atoms with Crippen LogP contribution < -0.4 is 15.6 Å². The lowest BCUT2D eigenvalue weighted by atomic mass is 10.1. The summed E-state index contributed by atoms with van der Waals surface area (Å²) in [5.41, 5.74) is 4.70. The van der Waals surface area contributed by atoms with Gasteiger partial charge in [-0.05, 0) is 48.1 Å². The van der Waals surface area contributed by atoms with Crippen molar-refractivity contribution < 1.29 is 4.74 Å². The van der Waals surface area contributed by atoms with Crippen molar-refractivity contribution in [2.45, 2.75) is 19.2 Å². The summed E-state index contributed by atoms with van der Waals surface area (Å²) in [6.45, 7) is 2.77. The minimum Gasteiger partial charge on any atom is -0.497 e. The second-order valence-electron chi connectivity index (χ2n) is 5.61. The lowest BCUT2D eigenvalue weighted by Crippen LogP contribution is -2.26. The number of methoxy groups -OCH3 is 1. The van der Waals surface area contributed by atoms with E-state index >= 15 is 0 Å². The average Bonchev–Trinajstić information content (AvgIpc) is 2.62. The lowest BCUT2D eigenvalue weighted by Gasteiger charge is -2.18. The summed E-state index contributed by atoms with van der Waals surface area (Å²) in [6, 6.07) is 14.2. The molecule has 0 aromatic heterocycles. The number of hydrogen-bond acceptors (Lipinski definition) is 6. The van der Waals surface area contributed by atoms with Crippen molar-refractivity contribution in [1.82, 2.24) is 0 Å². The third-order valence-corrected chi connectivity index (χ3v) is 5.95. The van der Waals surface area contributed by atoms with Crippen LogP contribution in [0.2, 0.25) is 0 Å². The van der Waals surface area contributed by atoms with E-state index in [0.717, 1.165) is 27.1 Å². The Hall–Kier alpha value is -1.63. The van der Waals surface area contributed by atoms with Crippen molar-refractivity contribution in [3.05, 3.63) is 59.2 Å². The average molecular weight is 376 g/mol. The largest absolute Gasteiger partial charge is 0.497 e. The maximum atomic E-state index is 5.96. The maximum absolute atomic E-state index is 5.96. The van der Waals surface area contributed by atoms with Gasteiger partial charge in [-0.1, -0.05) is 36.0 Å². The quantitative estimate of drug-likeness (QED) is 0.349. The standard InChI is InChI=1S/C19H25N3OS2/c1-14-7-5-10-18(22(2)20)17(14)13-25-19(24-4)21-12-15-8-6-9-16(11-15)23-3/h5-11H,12-13,20H2,1-4H3. The fourth-order valence-electron chi connectivity index (χ4n) is 2.43. The molecule has 0 aliphatic carbocycles. The highest BCUT2D eigenvalue weighted by atomic mass is 32.2. The van der Waals surface area contributed by atoms with E-state index in [4.69, 9.17) is 15.6 Å². The molecule has 0 atom stereocenters. The first kappa shape index (κ1) is 19.7. The van der Waals surface area contributed by atoms with Gasteiger partial charge in [0.15, 0.2) is 0 Å². The van der Waals surface area contributed by atoms with Gasteiger partial charge in [0.2, 0.25) is 0 Å². The topological polar surface area (TPSA) is 50.8 Å². The Labute approximate surface area is 158 Å². The first-order valence-electron chi connectivity index (χ1n) is 7.96. The van der Waals surface area contributed by atoms with Crippen molar-refractivity contribution >= 4 is 33.6 Å². The van der Waals surface area contributed by atoms with Gasteiger partial charge in [-0.3, -0.25) is 4.99 Å². The van der Waals surface area contributed by atoms with Crippen LogP contribution >= 0.6 is 23.5 Å². The molecule has 0 spiro atoms. The van der Waals surface area contributed by atoms with Gasteiger partial charge in [0.25, 0.3) is 0 Å². The number of hydrogen-bond donors (Lipinski definition) is 1. The SMILES string of the molecule is COc1cccc(CN=C(SC)SCc2c(C)cccc2N(C)N)c1. The smallest absolute Gasteiger partial charge is 0.124 e. The van der Waals surface area contributed by atoms with Crippen LogP contribution in [-0.4, -0.2) is 24.8 Å². The Morgan fingerprint density at radius 1 is 1.24 bits per heavy atom. The number of hydrazine groups is 1. The van der Waals surface area contributed by atoms with E-state index in [-0.39, 0.29) is 0 Å². The van der Waals surface area contributed by atoms with Gasteiger partial charge in [-0.2, -0.15) is 0 Å². The number of nitrogens with two attached hydrogens (primary N) is 1. The summed E-state index contributed by atoms with van der Waals surface area (Å²) in [6.07, 6.45) is 2.06. The van der Waals surface area contributed by atoms with Gasteiger partial charge >= 0.3 is 0 Å². The molecule has 0 saturated heterocycles. The second kappa shape index (κ2) is 9.75. The monoisotopic (exact) mass is 375 g/mol. The molecule has 0 saturated carbocycles. The molecule has 2 aromatic carbocycles.